The lowest BCUT2D eigenvalue weighted by atomic mass is 9.84. The van der Waals surface area contributed by atoms with Crippen molar-refractivity contribution in [3.05, 3.63) is 35.4 Å². The second kappa shape index (κ2) is 12.5. The molecule has 1 amide bonds. The van der Waals surface area contributed by atoms with Crippen LogP contribution in [0.4, 0.5) is 0 Å². The van der Waals surface area contributed by atoms with Gasteiger partial charge in [0.25, 0.3) is 0 Å². The van der Waals surface area contributed by atoms with Crippen LogP contribution in [0.3, 0.4) is 0 Å². The molecular formula is C19H33Cl2N3O. The predicted molar refractivity (Wildman–Crippen MR) is 110 cm³/mol. The SMILES string of the molecule is CC(CC(=O)NCc1ccccc1CN(C)C)C1CCNCC1.Cl.Cl. The summed E-state index contributed by atoms with van der Waals surface area (Å²) >= 11 is 0. The van der Waals surface area contributed by atoms with E-state index in [2.05, 4.69) is 54.8 Å². The van der Waals surface area contributed by atoms with Crippen molar-refractivity contribution in [2.24, 2.45) is 11.8 Å². The van der Waals surface area contributed by atoms with E-state index in [1.54, 1.807) is 0 Å². The molecule has 4 nitrogen and oxygen atoms in total. The zero-order chi connectivity index (χ0) is 16.7. The molecule has 0 aliphatic carbocycles. The van der Waals surface area contributed by atoms with E-state index in [1.807, 2.05) is 6.07 Å². The third kappa shape index (κ3) is 8.41. The van der Waals surface area contributed by atoms with Gasteiger partial charge < -0.3 is 15.5 Å². The molecule has 25 heavy (non-hydrogen) atoms. The molecule has 0 spiro atoms. The van der Waals surface area contributed by atoms with E-state index >= 15 is 0 Å². The van der Waals surface area contributed by atoms with Gasteiger partial charge in [-0.25, -0.2) is 0 Å². The van der Waals surface area contributed by atoms with Crippen LogP contribution in [-0.2, 0) is 17.9 Å². The smallest absolute Gasteiger partial charge is 0.220 e. The molecule has 2 N–H and O–H groups in total. The normalized spacial score (nSPS) is 15.8. The zero-order valence-corrected chi connectivity index (χ0v) is 17.2. The molecule has 1 aromatic carbocycles. The summed E-state index contributed by atoms with van der Waals surface area (Å²) in [6, 6.07) is 8.34. The summed E-state index contributed by atoms with van der Waals surface area (Å²) in [6.45, 7) is 5.93. The van der Waals surface area contributed by atoms with Crippen molar-refractivity contribution in [2.75, 3.05) is 27.2 Å². The molecule has 1 saturated heterocycles. The number of carbonyl (C=O) groups is 1. The quantitative estimate of drug-likeness (QED) is 0.751. The number of benzene rings is 1. The molecule has 0 saturated carbocycles. The van der Waals surface area contributed by atoms with Gasteiger partial charge in [-0.05, 0) is 63.0 Å². The first kappa shape index (κ1) is 24.2. The average Bonchev–Trinajstić information content (AvgIpc) is 2.54. The maximum absolute atomic E-state index is 12.3. The monoisotopic (exact) mass is 389 g/mol. The van der Waals surface area contributed by atoms with Crippen LogP contribution in [0, 0.1) is 11.8 Å². The number of piperidine rings is 1. The van der Waals surface area contributed by atoms with Gasteiger partial charge in [-0.1, -0.05) is 31.2 Å². The largest absolute Gasteiger partial charge is 0.352 e. The van der Waals surface area contributed by atoms with Crippen molar-refractivity contribution in [2.45, 2.75) is 39.3 Å². The van der Waals surface area contributed by atoms with Crippen LogP contribution in [0.5, 0.6) is 0 Å². The van der Waals surface area contributed by atoms with Crippen molar-refractivity contribution in [3.63, 3.8) is 0 Å². The fourth-order valence-electron chi connectivity index (χ4n) is 3.36. The third-order valence-corrected chi connectivity index (χ3v) is 4.78. The van der Waals surface area contributed by atoms with Crippen LogP contribution in [-0.4, -0.2) is 38.0 Å². The topological polar surface area (TPSA) is 44.4 Å². The van der Waals surface area contributed by atoms with Gasteiger partial charge in [0.05, 0.1) is 0 Å². The number of nitrogens with zero attached hydrogens (tertiary/aromatic N) is 1. The molecule has 1 aliphatic rings. The number of carbonyl (C=O) groups excluding carboxylic acids is 1. The van der Waals surface area contributed by atoms with Gasteiger partial charge in [0.15, 0.2) is 0 Å². The molecule has 0 aromatic heterocycles. The molecule has 2 rings (SSSR count). The molecule has 1 fully saturated rings. The van der Waals surface area contributed by atoms with Gasteiger partial charge in [0.2, 0.25) is 5.91 Å². The molecule has 1 aromatic rings. The van der Waals surface area contributed by atoms with Gasteiger partial charge in [-0.3, -0.25) is 4.79 Å². The number of rotatable bonds is 7. The van der Waals surface area contributed by atoms with Crippen molar-refractivity contribution >= 4 is 30.7 Å². The maximum Gasteiger partial charge on any atom is 0.220 e. The first-order valence-corrected chi connectivity index (χ1v) is 8.75. The van der Waals surface area contributed by atoms with E-state index in [0.717, 1.165) is 19.6 Å². The molecule has 1 atom stereocenters. The Bertz CT molecular complexity index is 505. The first-order chi connectivity index (χ1) is 11.1. The molecule has 1 heterocycles. The van der Waals surface area contributed by atoms with E-state index in [0.29, 0.717) is 24.8 Å². The van der Waals surface area contributed by atoms with Gasteiger partial charge in [0, 0.05) is 19.5 Å². The highest BCUT2D eigenvalue weighted by Crippen LogP contribution is 2.24. The minimum absolute atomic E-state index is 0. The predicted octanol–water partition coefficient (Wildman–Crippen LogP) is 3.23. The van der Waals surface area contributed by atoms with Gasteiger partial charge in [-0.15, -0.1) is 24.8 Å². The molecule has 1 aliphatic heterocycles. The van der Waals surface area contributed by atoms with E-state index < -0.39 is 0 Å². The highest BCUT2D eigenvalue weighted by atomic mass is 35.5. The molecular weight excluding hydrogens is 357 g/mol. The highest BCUT2D eigenvalue weighted by Gasteiger charge is 2.21. The molecule has 0 bridgehead atoms. The Balaban J connectivity index is 0.00000288. The Morgan fingerprint density at radius 2 is 1.80 bits per heavy atom. The Labute approximate surface area is 164 Å². The van der Waals surface area contributed by atoms with Crippen LogP contribution in [0.2, 0.25) is 0 Å². The molecule has 144 valence electrons. The summed E-state index contributed by atoms with van der Waals surface area (Å²) in [6.07, 6.45) is 3.03. The van der Waals surface area contributed by atoms with Crippen molar-refractivity contribution < 1.29 is 4.79 Å². The van der Waals surface area contributed by atoms with Crippen LogP contribution >= 0.6 is 24.8 Å². The molecule has 6 heteroatoms. The Hall–Kier alpha value is -0.810. The summed E-state index contributed by atoms with van der Waals surface area (Å²) in [5.74, 6) is 1.33. The Kier molecular flexibility index (Phi) is 12.1. The molecule has 1 unspecified atom stereocenters. The van der Waals surface area contributed by atoms with Crippen LogP contribution in [0.15, 0.2) is 24.3 Å². The minimum Gasteiger partial charge on any atom is -0.352 e. The summed E-state index contributed by atoms with van der Waals surface area (Å²) in [5, 5.41) is 6.50. The van der Waals surface area contributed by atoms with Crippen molar-refractivity contribution in [3.8, 4) is 0 Å². The van der Waals surface area contributed by atoms with E-state index in [9.17, 15) is 4.79 Å². The minimum atomic E-state index is 0. The van der Waals surface area contributed by atoms with E-state index in [-0.39, 0.29) is 30.7 Å². The Morgan fingerprint density at radius 1 is 1.20 bits per heavy atom. The van der Waals surface area contributed by atoms with E-state index in [4.69, 9.17) is 0 Å². The van der Waals surface area contributed by atoms with Gasteiger partial charge in [-0.2, -0.15) is 0 Å². The number of halogens is 2. The lowest BCUT2D eigenvalue weighted by Gasteiger charge is -2.27. The lowest BCUT2D eigenvalue weighted by Crippen LogP contribution is -2.33. The number of amides is 1. The van der Waals surface area contributed by atoms with Crippen LogP contribution < -0.4 is 10.6 Å². The van der Waals surface area contributed by atoms with Crippen LogP contribution in [0.1, 0.15) is 37.3 Å². The lowest BCUT2D eigenvalue weighted by molar-refractivity contribution is -0.122. The fraction of sp³-hybridized carbons (Fsp3) is 0.632. The first-order valence-electron chi connectivity index (χ1n) is 8.75. The number of hydrogen-bond donors (Lipinski definition) is 2. The summed E-state index contributed by atoms with van der Waals surface area (Å²) < 4.78 is 0. The second-order valence-electron chi connectivity index (χ2n) is 7.05. The average molecular weight is 390 g/mol. The third-order valence-electron chi connectivity index (χ3n) is 4.78. The molecule has 0 radical (unpaired) electrons. The highest BCUT2D eigenvalue weighted by molar-refractivity contribution is 5.85. The fourth-order valence-corrected chi connectivity index (χ4v) is 3.36. The summed E-state index contributed by atoms with van der Waals surface area (Å²) in [7, 11) is 4.13. The van der Waals surface area contributed by atoms with Crippen molar-refractivity contribution in [1.82, 2.24) is 15.5 Å². The van der Waals surface area contributed by atoms with Gasteiger partial charge >= 0.3 is 0 Å². The standard InChI is InChI=1S/C19H31N3O.2ClH/c1-15(16-8-10-20-11-9-16)12-19(23)21-13-17-6-4-5-7-18(17)14-22(2)3;;/h4-7,15-16,20H,8-14H2,1-3H3,(H,21,23);2*1H. The second-order valence-corrected chi connectivity index (χ2v) is 7.05. The summed E-state index contributed by atoms with van der Waals surface area (Å²) in [4.78, 5) is 14.4. The maximum atomic E-state index is 12.3. The van der Waals surface area contributed by atoms with Crippen LogP contribution in [0.25, 0.3) is 0 Å². The zero-order valence-electron chi connectivity index (χ0n) is 15.6. The number of hydrogen-bond acceptors (Lipinski definition) is 3. The summed E-state index contributed by atoms with van der Waals surface area (Å²) in [5.41, 5.74) is 2.49. The Morgan fingerprint density at radius 3 is 2.40 bits per heavy atom. The van der Waals surface area contributed by atoms with E-state index in [1.165, 1.54) is 24.0 Å². The van der Waals surface area contributed by atoms with Gasteiger partial charge in [0.1, 0.15) is 0 Å². The van der Waals surface area contributed by atoms with Crippen molar-refractivity contribution in [1.29, 1.82) is 0 Å². The number of nitrogens with one attached hydrogen (secondary N) is 2.